The van der Waals surface area contributed by atoms with Crippen LogP contribution in [0.1, 0.15) is 11.1 Å². The number of carbonyl (C=O) groups is 1. The van der Waals surface area contributed by atoms with Crippen LogP contribution >= 0.6 is 0 Å². The monoisotopic (exact) mass is 343 g/mol. The minimum absolute atomic E-state index is 0.0808. The van der Waals surface area contributed by atoms with Crippen LogP contribution in [-0.2, 0) is 9.53 Å². The maximum atomic E-state index is 13.8. The lowest BCUT2D eigenvalue weighted by molar-refractivity contribution is -0.129. The molecule has 0 saturated heterocycles. The van der Waals surface area contributed by atoms with Gasteiger partial charge < -0.3 is 4.74 Å². The number of aliphatic imine (C=N–C) groups is 1. The number of benzene rings is 3. The average molecular weight is 343 g/mol. The van der Waals surface area contributed by atoms with E-state index in [1.165, 1.54) is 12.1 Å². The smallest absolute Gasteiger partial charge is 0.363 e. The van der Waals surface area contributed by atoms with Crippen LogP contribution in [0.2, 0.25) is 0 Å². The number of halogens is 1. The highest BCUT2D eigenvalue weighted by Crippen LogP contribution is 2.23. The highest BCUT2D eigenvalue weighted by atomic mass is 19.1. The summed E-state index contributed by atoms with van der Waals surface area (Å²) in [5, 5.41) is 0. The fourth-order valence-corrected chi connectivity index (χ4v) is 2.71. The SMILES string of the molecule is O=C1OC(c2ccc(-c3ccccc3)cc2)=N/C1=C\c1ccccc1F. The summed E-state index contributed by atoms with van der Waals surface area (Å²) in [6.45, 7) is 0. The maximum absolute atomic E-state index is 13.8. The van der Waals surface area contributed by atoms with E-state index in [-0.39, 0.29) is 11.6 Å². The molecule has 0 aliphatic carbocycles. The Morgan fingerprint density at radius 1 is 0.769 bits per heavy atom. The van der Waals surface area contributed by atoms with Crippen molar-refractivity contribution in [2.45, 2.75) is 0 Å². The van der Waals surface area contributed by atoms with Gasteiger partial charge in [-0.1, -0.05) is 60.7 Å². The van der Waals surface area contributed by atoms with Crippen LogP contribution in [0.4, 0.5) is 4.39 Å². The average Bonchev–Trinajstić information content (AvgIpc) is 3.05. The van der Waals surface area contributed by atoms with Crippen molar-refractivity contribution in [1.82, 2.24) is 0 Å². The van der Waals surface area contributed by atoms with Gasteiger partial charge in [-0.15, -0.1) is 0 Å². The molecule has 0 saturated carbocycles. The van der Waals surface area contributed by atoms with E-state index in [0.717, 1.165) is 11.1 Å². The molecule has 0 amide bonds. The van der Waals surface area contributed by atoms with Crippen molar-refractivity contribution in [3.05, 3.63) is 102 Å². The summed E-state index contributed by atoms with van der Waals surface area (Å²) in [5.41, 5.74) is 3.22. The first-order valence-corrected chi connectivity index (χ1v) is 8.14. The largest absolute Gasteiger partial charge is 0.402 e. The number of esters is 1. The predicted octanol–water partition coefficient (Wildman–Crippen LogP) is 4.84. The summed E-state index contributed by atoms with van der Waals surface area (Å²) in [7, 11) is 0. The third-order valence-corrected chi connectivity index (χ3v) is 4.06. The number of carbonyl (C=O) groups excluding carboxylic acids is 1. The first kappa shape index (κ1) is 16.0. The Morgan fingerprint density at radius 3 is 2.12 bits per heavy atom. The van der Waals surface area contributed by atoms with E-state index in [9.17, 15) is 9.18 Å². The molecule has 1 aliphatic heterocycles. The molecule has 0 aromatic heterocycles. The molecule has 0 bridgehead atoms. The molecule has 1 heterocycles. The lowest BCUT2D eigenvalue weighted by Crippen LogP contribution is -2.05. The number of nitrogens with zero attached hydrogens (tertiary/aromatic N) is 1. The van der Waals surface area contributed by atoms with Gasteiger partial charge in [0.15, 0.2) is 5.70 Å². The molecule has 3 aromatic rings. The van der Waals surface area contributed by atoms with Gasteiger partial charge in [-0.05, 0) is 35.4 Å². The normalized spacial score (nSPS) is 15.0. The summed E-state index contributed by atoms with van der Waals surface area (Å²) in [6.07, 6.45) is 1.39. The van der Waals surface area contributed by atoms with Crippen molar-refractivity contribution in [2.24, 2.45) is 4.99 Å². The fourth-order valence-electron chi connectivity index (χ4n) is 2.71. The lowest BCUT2D eigenvalue weighted by atomic mass is 10.0. The summed E-state index contributed by atoms with van der Waals surface area (Å²) < 4.78 is 19.0. The number of rotatable bonds is 3. The van der Waals surface area contributed by atoms with Crippen LogP contribution in [0, 0.1) is 5.82 Å². The highest BCUT2D eigenvalue weighted by molar-refractivity contribution is 6.12. The molecule has 0 fully saturated rings. The number of cyclic esters (lactones) is 1. The molecule has 3 nitrogen and oxygen atoms in total. The lowest BCUT2D eigenvalue weighted by Gasteiger charge is -2.03. The molecule has 0 atom stereocenters. The molecule has 3 aromatic carbocycles. The molecular formula is C22H14FNO2. The van der Waals surface area contributed by atoms with Crippen LogP contribution in [-0.4, -0.2) is 11.9 Å². The second kappa shape index (κ2) is 6.76. The van der Waals surface area contributed by atoms with Gasteiger partial charge in [0.25, 0.3) is 0 Å². The topological polar surface area (TPSA) is 38.7 Å². The Labute approximate surface area is 150 Å². The maximum Gasteiger partial charge on any atom is 0.363 e. The second-order valence-electron chi connectivity index (χ2n) is 5.80. The van der Waals surface area contributed by atoms with Gasteiger partial charge in [-0.25, -0.2) is 14.2 Å². The zero-order valence-corrected chi connectivity index (χ0v) is 13.7. The summed E-state index contributed by atoms with van der Waals surface area (Å²) >= 11 is 0. The molecule has 1 aliphatic rings. The molecule has 0 N–H and O–H groups in total. The van der Waals surface area contributed by atoms with E-state index in [1.807, 2.05) is 54.6 Å². The Morgan fingerprint density at radius 2 is 1.38 bits per heavy atom. The van der Waals surface area contributed by atoms with E-state index in [1.54, 1.807) is 18.2 Å². The zero-order chi connectivity index (χ0) is 17.9. The van der Waals surface area contributed by atoms with Crippen LogP contribution in [0.3, 0.4) is 0 Å². The van der Waals surface area contributed by atoms with Crippen molar-refractivity contribution in [3.63, 3.8) is 0 Å². The van der Waals surface area contributed by atoms with Crippen molar-refractivity contribution in [2.75, 3.05) is 0 Å². The Kier molecular flexibility index (Phi) is 4.15. The van der Waals surface area contributed by atoms with Crippen LogP contribution in [0.15, 0.2) is 89.6 Å². The zero-order valence-electron chi connectivity index (χ0n) is 13.7. The van der Waals surface area contributed by atoms with E-state index in [0.29, 0.717) is 11.1 Å². The second-order valence-corrected chi connectivity index (χ2v) is 5.80. The molecule has 4 rings (SSSR count). The van der Waals surface area contributed by atoms with Gasteiger partial charge in [0.1, 0.15) is 5.82 Å². The number of hydrogen-bond acceptors (Lipinski definition) is 3. The van der Waals surface area contributed by atoms with Gasteiger partial charge in [-0.2, -0.15) is 0 Å². The Hall–Kier alpha value is -3.53. The number of hydrogen-bond donors (Lipinski definition) is 0. The van der Waals surface area contributed by atoms with Crippen LogP contribution in [0.5, 0.6) is 0 Å². The highest BCUT2D eigenvalue weighted by Gasteiger charge is 2.24. The first-order valence-electron chi connectivity index (χ1n) is 8.14. The fraction of sp³-hybridized carbons (Fsp3) is 0. The first-order chi connectivity index (χ1) is 12.7. The van der Waals surface area contributed by atoms with Gasteiger partial charge in [0, 0.05) is 11.1 Å². The van der Waals surface area contributed by atoms with Crippen molar-refractivity contribution < 1.29 is 13.9 Å². The summed E-state index contributed by atoms with van der Waals surface area (Å²) in [6, 6.07) is 23.8. The molecule has 0 spiro atoms. The summed E-state index contributed by atoms with van der Waals surface area (Å²) in [4.78, 5) is 16.3. The molecule has 0 radical (unpaired) electrons. The summed E-state index contributed by atoms with van der Waals surface area (Å²) in [5.74, 6) is -0.781. The molecule has 0 unspecified atom stereocenters. The van der Waals surface area contributed by atoms with Crippen LogP contribution in [0.25, 0.3) is 17.2 Å². The Bertz CT molecular complexity index is 1020. The molecule has 4 heteroatoms. The van der Waals surface area contributed by atoms with Gasteiger partial charge >= 0.3 is 5.97 Å². The number of ether oxygens (including phenoxy) is 1. The third kappa shape index (κ3) is 3.17. The van der Waals surface area contributed by atoms with Crippen molar-refractivity contribution >= 4 is 17.9 Å². The van der Waals surface area contributed by atoms with E-state index >= 15 is 0 Å². The minimum atomic E-state index is -0.588. The van der Waals surface area contributed by atoms with Crippen molar-refractivity contribution in [3.8, 4) is 11.1 Å². The molecule has 126 valence electrons. The minimum Gasteiger partial charge on any atom is -0.402 e. The van der Waals surface area contributed by atoms with E-state index in [2.05, 4.69) is 4.99 Å². The predicted molar refractivity (Wildman–Crippen MR) is 98.9 cm³/mol. The van der Waals surface area contributed by atoms with E-state index < -0.39 is 11.8 Å². The van der Waals surface area contributed by atoms with E-state index in [4.69, 9.17) is 4.74 Å². The van der Waals surface area contributed by atoms with Crippen LogP contribution < -0.4 is 0 Å². The standard InChI is InChI=1S/C22H14FNO2/c23-19-9-5-4-8-18(19)14-20-22(25)26-21(24-20)17-12-10-16(11-13-17)15-6-2-1-3-7-15/h1-14H/b20-14-. The van der Waals surface area contributed by atoms with Crippen molar-refractivity contribution in [1.29, 1.82) is 0 Å². The molecule has 26 heavy (non-hydrogen) atoms. The van der Waals surface area contributed by atoms with Gasteiger partial charge in [-0.3, -0.25) is 0 Å². The quantitative estimate of drug-likeness (QED) is 0.504. The molecular weight excluding hydrogens is 329 g/mol. The third-order valence-electron chi connectivity index (χ3n) is 4.06. The Balaban J connectivity index is 1.62. The van der Waals surface area contributed by atoms with Gasteiger partial charge in [0.2, 0.25) is 5.90 Å². The van der Waals surface area contributed by atoms with Gasteiger partial charge in [0.05, 0.1) is 0 Å².